The Balaban J connectivity index is 2.49. The van der Waals surface area contributed by atoms with Gasteiger partial charge in [0.25, 0.3) is 0 Å². The molecule has 76 valence electrons. The summed E-state index contributed by atoms with van der Waals surface area (Å²) in [6.07, 6.45) is 4.72. The molecule has 0 aliphatic rings. The van der Waals surface area contributed by atoms with E-state index in [-0.39, 0.29) is 5.88 Å². The minimum absolute atomic E-state index is 0.287. The summed E-state index contributed by atoms with van der Waals surface area (Å²) in [6, 6.07) is 1.62. The van der Waals surface area contributed by atoms with Gasteiger partial charge in [-0.1, -0.05) is 11.6 Å². The van der Waals surface area contributed by atoms with Gasteiger partial charge in [0.05, 0.1) is 17.8 Å². The molecule has 0 fully saturated rings. The summed E-state index contributed by atoms with van der Waals surface area (Å²) in [5, 5.41) is 0.348. The highest BCUT2D eigenvalue weighted by Gasteiger charge is 2.06. The van der Waals surface area contributed by atoms with Gasteiger partial charge in [0.2, 0.25) is 0 Å². The Hall–Kier alpha value is -1.26. The number of alkyl halides is 1. The van der Waals surface area contributed by atoms with Gasteiger partial charge < -0.3 is 0 Å². The van der Waals surface area contributed by atoms with Gasteiger partial charge >= 0.3 is 0 Å². The molecule has 2 aromatic rings. The van der Waals surface area contributed by atoms with Gasteiger partial charge in [0.15, 0.2) is 5.82 Å². The second-order valence-corrected chi connectivity index (χ2v) is 3.38. The van der Waals surface area contributed by atoms with Crippen molar-refractivity contribution in [3.63, 3.8) is 0 Å². The Morgan fingerprint density at radius 3 is 2.73 bits per heavy atom. The van der Waals surface area contributed by atoms with Gasteiger partial charge in [0, 0.05) is 12.4 Å². The Labute approximate surface area is 96.3 Å². The minimum atomic E-state index is 0.287. The lowest BCUT2D eigenvalue weighted by molar-refractivity contribution is 1.06. The van der Waals surface area contributed by atoms with Crippen LogP contribution in [0.4, 0.5) is 0 Å². The lowest BCUT2D eigenvalue weighted by Crippen LogP contribution is -1.96. The first-order valence-corrected chi connectivity index (χ1v) is 5.06. The molecule has 2 heterocycles. The zero-order valence-corrected chi connectivity index (χ0v) is 9.07. The average molecular weight is 241 g/mol. The normalized spacial score (nSPS) is 10.3. The molecule has 6 heteroatoms. The van der Waals surface area contributed by atoms with Crippen molar-refractivity contribution in [2.45, 2.75) is 5.88 Å². The molecule has 2 rings (SSSR count). The molecular formula is C9H6Cl2N4. The SMILES string of the molecule is ClCc1cc(Cl)nc(-c2cnccn2)n1. The van der Waals surface area contributed by atoms with E-state index in [1.165, 1.54) is 0 Å². The van der Waals surface area contributed by atoms with Crippen LogP contribution in [0.1, 0.15) is 5.69 Å². The summed E-state index contributed by atoms with van der Waals surface area (Å²) >= 11 is 11.5. The van der Waals surface area contributed by atoms with Gasteiger partial charge in [-0.3, -0.25) is 4.98 Å². The van der Waals surface area contributed by atoms with E-state index in [0.717, 1.165) is 0 Å². The summed E-state index contributed by atoms with van der Waals surface area (Å²) in [7, 11) is 0. The molecule has 4 nitrogen and oxygen atoms in total. The molecule has 0 atom stereocenters. The van der Waals surface area contributed by atoms with Crippen LogP contribution in [-0.4, -0.2) is 19.9 Å². The van der Waals surface area contributed by atoms with E-state index >= 15 is 0 Å². The molecule has 2 aromatic heterocycles. The standard InChI is InChI=1S/C9H6Cl2N4/c10-4-6-3-8(11)15-9(14-6)7-5-12-1-2-13-7/h1-3,5H,4H2. The second kappa shape index (κ2) is 4.51. The smallest absolute Gasteiger partial charge is 0.181 e. The number of hydrogen-bond acceptors (Lipinski definition) is 4. The number of nitrogens with zero attached hydrogens (tertiary/aromatic N) is 4. The highest BCUT2D eigenvalue weighted by molar-refractivity contribution is 6.29. The van der Waals surface area contributed by atoms with E-state index in [0.29, 0.717) is 22.4 Å². The number of aromatic nitrogens is 4. The van der Waals surface area contributed by atoms with Crippen LogP contribution in [0.2, 0.25) is 5.15 Å². The van der Waals surface area contributed by atoms with Gasteiger partial charge in [-0.25, -0.2) is 15.0 Å². The lowest BCUT2D eigenvalue weighted by atomic mass is 10.4. The minimum Gasteiger partial charge on any atom is -0.261 e. The van der Waals surface area contributed by atoms with E-state index in [9.17, 15) is 0 Å². The summed E-state index contributed by atoms with van der Waals surface area (Å²) in [5.41, 5.74) is 1.24. The van der Waals surface area contributed by atoms with Crippen molar-refractivity contribution in [1.29, 1.82) is 0 Å². The monoisotopic (exact) mass is 240 g/mol. The Bertz CT molecular complexity index is 461. The molecule has 0 aliphatic heterocycles. The summed E-state index contributed by atoms with van der Waals surface area (Å²) in [4.78, 5) is 16.2. The Morgan fingerprint density at radius 1 is 1.20 bits per heavy atom. The van der Waals surface area contributed by atoms with Crippen LogP contribution in [0.3, 0.4) is 0 Å². The maximum absolute atomic E-state index is 5.82. The molecule has 0 spiro atoms. The largest absolute Gasteiger partial charge is 0.261 e. The summed E-state index contributed by atoms with van der Waals surface area (Å²) in [5.74, 6) is 0.724. The van der Waals surface area contributed by atoms with Gasteiger partial charge in [0.1, 0.15) is 10.8 Å². The van der Waals surface area contributed by atoms with Gasteiger partial charge in [-0.2, -0.15) is 0 Å². The van der Waals surface area contributed by atoms with E-state index < -0.39 is 0 Å². The maximum atomic E-state index is 5.82. The zero-order chi connectivity index (χ0) is 10.7. The molecule has 0 unspecified atom stereocenters. The van der Waals surface area contributed by atoms with Gasteiger partial charge in [-0.15, -0.1) is 11.6 Å². The first-order chi connectivity index (χ1) is 7.29. The van der Waals surface area contributed by atoms with Crippen molar-refractivity contribution in [2.75, 3.05) is 0 Å². The first kappa shape index (κ1) is 10.3. The fourth-order valence-corrected chi connectivity index (χ4v) is 1.40. The summed E-state index contributed by atoms with van der Waals surface area (Å²) < 4.78 is 0. The molecule has 0 amide bonds. The number of hydrogen-bond donors (Lipinski definition) is 0. The fourth-order valence-electron chi connectivity index (χ4n) is 1.06. The highest BCUT2D eigenvalue weighted by Crippen LogP contribution is 2.15. The third kappa shape index (κ3) is 2.40. The molecule has 0 N–H and O–H groups in total. The maximum Gasteiger partial charge on any atom is 0.181 e. The third-order valence-electron chi connectivity index (χ3n) is 1.68. The molecule has 0 aliphatic carbocycles. The topological polar surface area (TPSA) is 51.6 Å². The average Bonchev–Trinajstić information content (AvgIpc) is 2.29. The van der Waals surface area contributed by atoms with Crippen LogP contribution in [0, 0.1) is 0 Å². The van der Waals surface area contributed by atoms with E-state index in [1.807, 2.05) is 0 Å². The molecule has 0 aromatic carbocycles. The highest BCUT2D eigenvalue weighted by atomic mass is 35.5. The predicted octanol–water partition coefficient (Wildman–Crippen LogP) is 2.33. The van der Waals surface area contributed by atoms with Crippen LogP contribution < -0.4 is 0 Å². The van der Waals surface area contributed by atoms with E-state index in [2.05, 4.69) is 19.9 Å². The van der Waals surface area contributed by atoms with Crippen molar-refractivity contribution >= 4 is 23.2 Å². The van der Waals surface area contributed by atoms with Crippen LogP contribution in [0.15, 0.2) is 24.7 Å². The fraction of sp³-hybridized carbons (Fsp3) is 0.111. The quantitative estimate of drug-likeness (QED) is 0.598. The van der Waals surface area contributed by atoms with E-state index in [1.54, 1.807) is 24.7 Å². The second-order valence-electron chi connectivity index (χ2n) is 2.73. The van der Waals surface area contributed by atoms with Gasteiger partial charge in [-0.05, 0) is 6.07 Å². The number of rotatable bonds is 2. The van der Waals surface area contributed by atoms with Crippen LogP contribution in [-0.2, 0) is 5.88 Å². The van der Waals surface area contributed by atoms with Crippen molar-refractivity contribution in [2.24, 2.45) is 0 Å². The predicted molar refractivity (Wildman–Crippen MR) is 57.6 cm³/mol. The van der Waals surface area contributed by atoms with Crippen molar-refractivity contribution in [1.82, 2.24) is 19.9 Å². The molecular weight excluding hydrogens is 235 g/mol. The molecule has 15 heavy (non-hydrogen) atoms. The number of halogens is 2. The zero-order valence-electron chi connectivity index (χ0n) is 7.56. The van der Waals surface area contributed by atoms with Crippen LogP contribution in [0.5, 0.6) is 0 Å². The Kier molecular flexibility index (Phi) is 3.08. The first-order valence-electron chi connectivity index (χ1n) is 4.15. The van der Waals surface area contributed by atoms with Crippen molar-refractivity contribution in [3.8, 4) is 11.5 Å². The lowest BCUT2D eigenvalue weighted by Gasteiger charge is -2.01. The summed E-state index contributed by atoms with van der Waals surface area (Å²) in [6.45, 7) is 0. The third-order valence-corrected chi connectivity index (χ3v) is 2.14. The van der Waals surface area contributed by atoms with Crippen molar-refractivity contribution < 1.29 is 0 Å². The van der Waals surface area contributed by atoms with Crippen LogP contribution in [0.25, 0.3) is 11.5 Å². The van der Waals surface area contributed by atoms with Crippen LogP contribution >= 0.6 is 23.2 Å². The Morgan fingerprint density at radius 2 is 2.07 bits per heavy atom. The molecule has 0 bridgehead atoms. The molecule has 0 saturated carbocycles. The van der Waals surface area contributed by atoms with E-state index in [4.69, 9.17) is 23.2 Å². The van der Waals surface area contributed by atoms with Crippen molar-refractivity contribution in [3.05, 3.63) is 35.5 Å². The molecule has 0 radical (unpaired) electrons. The molecule has 0 saturated heterocycles.